The number of alkyl halides is 3. The van der Waals surface area contributed by atoms with Crippen molar-refractivity contribution in [2.75, 3.05) is 0 Å². The lowest BCUT2D eigenvalue weighted by Gasteiger charge is -2.10. The summed E-state index contributed by atoms with van der Waals surface area (Å²) in [6.07, 6.45) is -4.68. The van der Waals surface area contributed by atoms with Gasteiger partial charge in [0.05, 0.1) is 16.1 Å². The Balaban J connectivity index is 3.57. The molecule has 0 aliphatic carbocycles. The van der Waals surface area contributed by atoms with E-state index < -0.39 is 38.2 Å². The van der Waals surface area contributed by atoms with E-state index in [-0.39, 0.29) is 0 Å². The summed E-state index contributed by atoms with van der Waals surface area (Å²) in [5.74, 6) is -0.797. The second-order valence-electron chi connectivity index (χ2n) is 3.16. The minimum atomic E-state index is -4.68. The van der Waals surface area contributed by atoms with Gasteiger partial charge >= 0.3 is 6.18 Å². The molecule has 0 spiro atoms. The Morgan fingerprint density at radius 3 is 2.29 bits per heavy atom. The molecule has 4 nitrogen and oxygen atoms in total. The molecule has 0 N–H and O–H groups in total. The van der Waals surface area contributed by atoms with Crippen LogP contribution in [0.1, 0.15) is 22.8 Å². The molecule has 0 unspecified atom stereocenters. The highest BCUT2D eigenvalue weighted by molar-refractivity contribution is 9.10. The predicted molar refractivity (Wildman–Crippen MR) is 55.8 cm³/mol. The number of hydrogen-bond acceptors (Lipinski definition) is 3. The third-order valence-corrected chi connectivity index (χ3v) is 2.62. The third-order valence-electron chi connectivity index (χ3n) is 1.97. The Morgan fingerprint density at radius 1 is 1.41 bits per heavy atom. The van der Waals surface area contributed by atoms with Gasteiger partial charge in [-0.3, -0.25) is 14.9 Å². The first-order valence-corrected chi connectivity index (χ1v) is 5.00. The number of carbonyl (C=O) groups excluding carboxylic acids is 1. The maximum absolute atomic E-state index is 12.5. The summed E-state index contributed by atoms with van der Waals surface area (Å²) in [4.78, 5) is 20.8. The molecule has 0 amide bonds. The summed E-state index contributed by atoms with van der Waals surface area (Å²) < 4.78 is 37.1. The second kappa shape index (κ2) is 4.44. The number of hydrogen-bond donors (Lipinski definition) is 0. The zero-order chi connectivity index (χ0) is 13.4. The Hall–Kier alpha value is -1.44. The molecule has 1 aromatic carbocycles. The lowest BCUT2D eigenvalue weighted by atomic mass is 10.1. The minimum absolute atomic E-state index is 0.471. The van der Waals surface area contributed by atoms with E-state index in [2.05, 4.69) is 15.9 Å². The fourth-order valence-electron chi connectivity index (χ4n) is 1.21. The van der Waals surface area contributed by atoms with Crippen LogP contribution in [0, 0.1) is 10.1 Å². The molecule has 0 bridgehead atoms. The number of Topliss-reactive ketones (excluding diaryl/α,β-unsaturated/α-hetero) is 1. The van der Waals surface area contributed by atoms with Crippen LogP contribution in [0.2, 0.25) is 0 Å². The van der Waals surface area contributed by atoms with Crippen LogP contribution in [-0.2, 0) is 6.18 Å². The van der Waals surface area contributed by atoms with Gasteiger partial charge in [0.25, 0.3) is 5.69 Å². The number of rotatable bonds is 2. The van der Waals surface area contributed by atoms with E-state index >= 15 is 0 Å². The van der Waals surface area contributed by atoms with Crippen LogP contribution in [0.15, 0.2) is 16.6 Å². The molecule has 0 atom stereocenters. The number of nitro benzene ring substituents is 1. The van der Waals surface area contributed by atoms with E-state index in [0.717, 1.165) is 6.92 Å². The topological polar surface area (TPSA) is 60.2 Å². The Morgan fingerprint density at radius 2 is 1.94 bits per heavy atom. The lowest BCUT2D eigenvalue weighted by Crippen LogP contribution is -2.10. The predicted octanol–water partition coefficient (Wildman–Crippen LogP) is 3.58. The highest BCUT2D eigenvalue weighted by atomic mass is 79.9. The Kier molecular flexibility index (Phi) is 3.56. The van der Waals surface area contributed by atoms with E-state index in [9.17, 15) is 28.1 Å². The van der Waals surface area contributed by atoms with Gasteiger partial charge in [0.1, 0.15) is 0 Å². The number of benzene rings is 1. The summed E-state index contributed by atoms with van der Waals surface area (Å²) in [5, 5.41) is 10.6. The van der Waals surface area contributed by atoms with Gasteiger partial charge in [-0.2, -0.15) is 13.2 Å². The van der Waals surface area contributed by atoms with E-state index in [0.29, 0.717) is 12.1 Å². The molecule has 0 saturated carbocycles. The zero-order valence-corrected chi connectivity index (χ0v) is 9.92. The van der Waals surface area contributed by atoms with Crippen molar-refractivity contribution in [3.05, 3.63) is 37.8 Å². The molecular formula is C9H5BrF3NO3. The molecule has 1 rings (SSSR count). The van der Waals surface area contributed by atoms with Crippen molar-refractivity contribution < 1.29 is 22.9 Å². The van der Waals surface area contributed by atoms with E-state index in [1.54, 1.807) is 0 Å². The van der Waals surface area contributed by atoms with Gasteiger partial charge in [-0.25, -0.2) is 0 Å². The normalized spacial score (nSPS) is 11.4. The van der Waals surface area contributed by atoms with Crippen LogP contribution in [0.3, 0.4) is 0 Å². The molecule has 0 aliphatic rings. The fraction of sp³-hybridized carbons (Fsp3) is 0.222. The molecule has 8 heteroatoms. The van der Waals surface area contributed by atoms with Gasteiger partial charge < -0.3 is 0 Å². The molecule has 92 valence electrons. The first kappa shape index (κ1) is 13.6. The van der Waals surface area contributed by atoms with Crippen molar-refractivity contribution >= 4 is 27.4 Å². The zero-order valence-electron chi connectivity index (χ0n) is 8.34. The highest BCUT2D eigenvalue weighted by Gasteiger charge is 2.35. The van der Waals surface area contributed by atoms with Gasteiger partial charge in [0, 0.05) is 10.5 Å². The van der Waals surface area contributed by atoms with Gasteiger partial charge in [0.15, 0.2) is 5.78 Å². The quantitative estimate of drug-likeness (QED) is 0.476. The first-order chi connectivity index (χ1) is 7.64. The Bertz CT molecular complexity index is 499. The molecule has 1 aromatic rings. The molecular weight excluding hydrogens is 307 g/mol. The number of halogens is 4. The van der Waals surface area contributed by atoms with Gasteiger partial charge in [-0.15, -0.1) is 0 Å². The summed E-state index contributed by atoms with van der Waals surface area (Å²) in [6, 6.07) is 1.16. The third kappa shape index (κ3) is 2.82. The van der Waals surface area contributed by atoms with Crippen molar-refractivity contribution in [1.29, 1.82) is 0 Å². The molecule has 0 radical (unpaired) electrons. The maximum Gasteiger partial charge on any atom is 0.417 e. The van der Waals surface area contributed by atoms with Crippen LogP contribution >= 0.6 is 15.9 Å². The van der Waals surface area contributed by atoms with Gasteiger partial charge in [-0.05, 0) is 28.9 Å². The SMILES string of the molecule is CC(=O)c1cc(C(F)(F)F)c(Br)cc1[N+](=O)[O-]. The lowest BCUT2D eigenvalue weighted by molar-refractivity contribution is -0.385. The van der Waals surface area contributed by atoms with Crippen LogP contribution in [0.4, 0.5) is 18.9 Å². The van der Waals surface area contributed by atoms with Crippen LogP contribution < -0.4 is 0 Å². The average molecular weight is 312 g/mol. The summed E-state index contributed by atoms with van der Waals surface area (Å²) in [6.45, 7) is 0.969. The van der Waals surface area contributed by atoms with Crippen LogP contribution in [-0.4, -0.2) is 10.7 Å². The summed E-state index contributed by atoms with van der Waals surface area (Å²) in [7, 11) is 0. The largest absolute Gasteiger partial charge is 0.417 e. The molecule has 0 fully saturated rings. The molecule has 0 heterocycles. The highest BCUT2D eigenvalue weighted by Crippen LogP contribution is 2.38. The molecule has 0 saturated heterocycles. The van der Waals surface area contributed by atoms with Gasteiger partial charge in [0.2, 0.25) is 0 Å². The van der Waals surface area contributed by atoms with Crippen molar-refractivity contribution in [2.45, 2.75) is 13.1 Å². The number of ketones is 1. The molecule has 0 aromatic heterocycles. The van der Waals surface area contributed by atoms with E-state index in [4.69, 9.17) is 0 Å². The van der Waals surface area contributed by atoms with E-state index in [1.165, 1.54) is 0 Å². The number of carbonyl (C=O) groups is 1. The number of nitro groups is 1. The van der Waals surface area contributed by atoms with Crippen molar-refractivity contribution in [3.8, 4) is 0 Å². The Labute approximate surface area is 102 Å². The average Bonchev–Trinajstić information content (AvgIpc) is 2.14. The number of nitrogens with zero attached hydrogens (tertiary/aromatic N) is 1. The second-order valence-corrected chi connectivity index (χ2v) is 4.01. The van der Waals surface area contributed by atoms with Gasteiger partial charge in [-0.1, -0.05) is 0 Å². The van der Waals surface area contributed by atoms with Crippen molar-refractivity contribution in [2.24, 2.45) is 0 Å². The van der Waals surface area contributed by atoms with Crippen LogP contribution in [0.5, 0.6) is 0 Å². The summed E-state index contributed by atoms with van der Waals surface area (Å²) >= 11 is 2.60. The van der Waals surface area contributed by atoms with E-state index in [1.807, 2.05) is 0 Å². The van der Waals surface area contributed by atoms with Crippen molar-refractivity contribution in [1.82, 2.24) is 0 Å². The first-order valence-electron chi connectivity index (χ1n) is 4.20. The minimum Gasteiger partial charge on any atom is -0.294 e. The molecule has 0 aliphatic heterocycles. The van der Waals surface area contributed by atoms with Crippen LogP contribution in [0.25, 0.3) is 0 Å². The standard InChI is InChI=1S/C9H5BrF3NO3/c1-4(15)5-2-6(9(11,12)13)7(10)3-8(5)14(16)17/h2-3H,1H3. The fourth-order valence-corrected chi connectivity index (χ4v) is 1.77. The summed E-state index contributed by atoms with van der Waals surface area (Å²) in [5.41, 5.74) is -2.34. The maximum atomic E-state index is 12.5. The van der Waals surface area contributed by atoms with Crippen molar-refractivity contribution in [3.63, 3.8) is 0 Å². The smallest absolute Gasteiger partial charge is 0.294 e. The molecule has 17 heavy (non-hydrogen) atoms. The monoisotopic (exact) mass is 311 g/mol.